The van der Waals surface area contributed by atoms with Crippen molar-refractivity contribution in [1.82, 2.24) is 0 Å². The van der Waals surface area contributed by atoms with Gasteiger partial charge in [-0.3, -0.25) is 9.59 Å². The van der Waals surface area contributed by atoms with E-state index in [0.717, 1.165) is 0 Å². The van der Waals surface area contributed by atoms with Crippen LogP contribution in [0, 0.1) is 0 Å². The zero-order valence-corrected chi connectivity index (χ0v) is 10.8. The number of amides is 1. The van der Waals surface area contributed by atoms with E-state index in [-0.39, 0.29) is 18.6 Å². The van der Waals surface area contributed by atoms with Crippen LogP contribution in [0.15, 0.2) is 24.3 Å². The third kappa shape index (κ3) is 4.42. The fraction of sp³-hybridized carbons (Fsp3) is 0.308. The molecule has 0 aliphatic rings. The van der Waals surface area contributed by atoms with E-state index < -0.39 is 17.8 Å². The van der Waals surface area contributed by atoms with Crippen molar-refractivity contribution >= 4 is 23.5 Å². The van der Waals surface area contributed by atoms with Gasteiger partial charge in [0.05, 0.1) is 18.4 Å². The number of anilines is 1. The van der Waals surface area contributed by atoms with Gasteiger partial charge in [0.2, 0.25) is 0 Å². The lowest BCUT2D eigenvalue weighted by Gasteiger charge is -2.09. The normalized spacial score (nSPS) is 9.58. The Labute approximate surface area is 110 Å². The third-order valence-electron chi connectivity index (χ3n) is 2.26. The van der Waals surface area contributed by atoms with Crippen molar-refractivity contribution in [2.75, 3.05) is 19.0 Å². The van der Waals surface area contributed by atoms with Gasteiger partial charge in [0.15, 0.2) is 6.61 Å². The SMILES string of the molecule is CCC(=O)OCC(=O)Nc1ccccc1C(=O)OC. The minimum absolute atomic E-state index is 0.200. The van der Waals surface area contributed by atoms with Crippen LogP contribution in [0.25, 0.3) is 0 Å². The molecule has 6 nitrogen and oxygen atoms in total. The van der Waals surface area contributed by atoms with Crippen molar-refractivity contribution in [3.63, 3.8) is 0 Å². The molecule has 0 atom stereocenters. The number of rotatable bonds is 5. The molecule has 0 aromatic heterocycles. The van der Waals surface area contributed by atoms with E-state index in [0.29, 0.717) is 5.69 Å². The summed E-state index contributed by atoms with van der Waals surface area (Å²) in [4.78, 5) is 33.9. The lowest BCUT2D eigenvalue weighted by molar-refractivity contribution is -0.146. The maximum absolute atomic E-state index is 11.6. The summed E-state index contributed by atoms with van der Waals surface area (Å²) in [6.45, 7) is 1.25. The molecule has 1 rings (SSSR count). The van der Waals surface area contributed by atoms with Crippen LogP contribution >= 0.6 is 0 Å². The van der Waals surface area contributed by atoms with Gasteiger partial charge in [-0.1, -0.05) is 19.1 Å². The first kappa shape index (κ1) is 14.7. The maximum atomic E-state index is 11.6. The van der Waals surface area contributed by atoms with E-state index >= 15 is 0 Å². The highest BCUT2D eigenvalue weighted by atomic mass is 16.5. The molecule has 0 heterocycles. The average Bonchev–Trinajstić information content (AvgIpc) is 2.44. The van der Waals surface area contributed by atoms with E-state index in [9.17, 15) is 14.4 Å². The van der Waals surface area contributed by atoms with Gasteiger partial charge in [-0.2, -0.15) is 0 Å². The lowest BCUT2D eigenvalue weighted by Crippen LogP contribution is -2.21. The Morgan fingerprint density at radius 2 is 1.89 bits per heavy atom. The summed E-state index contributed by atoms with van der Waals surface area (Å²) < 4.78 is 9.28. The first-order chi connectivity index (χ1) is 9.08. The third-order valence-corrected chi connectivity index (χ3v) is 2.26. The molecular formula is C13H15NO5. The molecular weight excluding hydrogens is 250 g/mol. The molecule has 0 saturated carbocycles. The van der Waals surface area contributed by atoms with Gasteiger partial charge in [0, 0.05) is 6.42 Å². The summed E-state index contributed by atoms with van der Waals surface area (Å²) in [5.41, 5.74) is 0.548. The number of carbonyl (C=O) groups is 3. The van der Waals surface area contributed by atoms with E-state index in [4.69, 9.17) is 0 Å². The Balaban J connectivity index is 2.69. The van der Waals surface area contributed by atoms with Gasteiger partial charge < -0.3 is 14.8 Å². The van der Waals surface area contributed by atoms with Crippen molar-refractivity contribution < 1.29 is 23.9 Å². The summed E-state index contributed by atoms with van der Waals surface area (Å²) in [6.07, 6.45) is 0.200. The predicted octanol–water partition coefficient (Wildman–Crippen LogP) is 1.36. The van der Waals surface area contributed by atoms with Crippen LogP contribution in [0.2, 0.25) is 0 Å². The largest absolute Gasteiger partial charge is 0.465 e. The number of hydrogen-bond acceptors (Lipinski definition) is 5. The standard InChI is InChI=1S/C13H15NO5/c1-3-12(16)19-8-11(15)14-10-7-5-4-6-9(10)13(17)18-2/h4-7H,3,8H2,1-2H3,(H,14,15). The first-order valence-corrected chi connectivity index (χ1v) is 5.71. The molecule has 1 aromatic carbocycles. The molecule has 0 spiro atoms. The van der Waals surface area contributed by atoms with E-state index in [1.807, 2.05) is 0 Å². The summed E-state index contributed by atoms with van der Waals surface area (Å²) in [5.74, 6) is -1.53. The highest BCUT2D eigenvalue weighted by molar-refractivity contribution is 6.01. The molecule has 19 heavy (non-hydrogen) atoms. The molecule has 0 radical (unpaired) electrons. The quantitative estimate of drug-likeness (QED) is 0.813. The molecule has 102 valence electrons. The van der Waals surface area contributed by atoms with Crippen molar-refractivity contribution in [2.24, 2.45) is 0 Å². The number of methoxy groups -OCH3 is 1. The number of ether oxygens (including phenoxy) is 2. The average molecular weight is 265 g/mol. The van der Waals surface area contributed by atoms with Crippen LogP contribution < -0.4 is 5.32 Å². The molecule has 0 aliphatic heterocycles. The van der Waals surface area contributed by atoms with Gasteiger partial charge in [0.25, 0.3) is 5.91 Å². The van der Waals surface area contributed by atoms with Gasteiger partial charge in [-0.25, -0.2) is 4.79 Å². The van der Waals surface area contributed by atoms with Crippen molar-refractivity contribution in [2.45, 2.75) is 13.3 Å². The fourth-order valence-electron chi connectivity index (χ4n) is 1.31. The maximum Gasteiger partial charge on any atom is 0.339 e. The molecule has 0 fully saturated rings. The second-order valence-electron chi connectivity index (χ2n) is 3.60. The minimum Gasteiger partial charge on any atom is -0.465 e. The lowest BCUT2D eigenvalue weighted by atomic mass is 10.2. The molecule has 1 amide bonds. The van der Waals surface area contributed by atoms with Crippen LogP contribution in [-0.4, -0.2) is 31.6 Å². The molecule has 0 bridgehead atoms. The Morgan fingerprint density at radius 1 is 1.21 bits per heavy atom. The smallest absolute Gasteiger partial charge is 0.339 e. The molecule has 0 saturated heterocycles. The topological polar surface area (TPSA) is 81.7 Å². The number of hydrogen-bond donors (Lipinski definition) is 1. The molecule has 0 aliphatic carbocycles. The zero-order chi connectivity index (χ0) is 14.3. The Morgan fingerprint density at radius 3 is 2.53 bits per heavy atom. The Bertz CT molecular complexity index is 484. The van der Waals surface area contributed by atoms with Crippen molar-refractivity contribution in [3.05, 3.63) is 29.8 Å². The van der Waals surface area contributed by atoms with Gasteiger partial charge in [-0.05, 0) is 12.1 Å². The molecule has 0 unspecified atom stereocenters. The molecule has 1 N–H and O–H groups in total. The highest BCUT2D eigenvalue weighted by Crippen LogP contribution is 2.15. The number of nitrogens with one attached hydrogen (secondary N) is 1. The number of para-hydroxylation sites is 1. The second-order valence-corrected chi connectivity index (χ2v) is 3.60. The summed E-state index contributed by atoms with van der Waals surface area (Å²) in [6, 6.07) is 6.41. The van der Waals surface area contributed by atoms with E-state index in [1.54, 1.807) is 25.1 Å². The number of carbonyl (C=O) groups excluding carboxylic acids is 3. The summed E-state index contributed by atoms with van der Waals surface area (Å²) >= 11 is 0. The monoisotopic (exact) mass is 265 g/mol. The van der Waals surface area contributed by atoms with E-state index in [1.165, 1.54) is 13.2 Å². The van der Waals surface area contributed by atoms with Gasteiger partial charge in [-0.15, -0.1) is 0 Å². The Kier molecular flexibility index (Phi) is 5.53. The van der Waals surface area contributed by atoms with Gasteiger partial charge >= 0.3 is 11.9 Å². The first-order valence-electron chi connectivity index (χ1n) is 5.71. The minimum atomic E-state index is -0.554. The van der Waals surface area contributed by atoms with Crippen LogP contribution in [0.3, 0.4) is 0 Å². The Hall–Kier alpha value is -2.37. The molecule has 6 heteroatoms. The van der Waals surface area contributed by atoms with Crippen molar-refractivity contribution in [3.8, 4) is 0 Å². The number of esters is 2. The summed E-state index contributed by atoms with van der Waals surface area (Å²) in [7, 11) is 1.25. The molecule has 1 aromatic rings. The van der Waals surface area contributed by atoms with Gasteiger partial charge in [0.1, 0.15) is 0 Å². The predicted molar refractivity (Wildman–Crippen MR) is 67.7 cm³/mol. The van der Waals surface area contributed by atoms with Crippen LogP contribution in [0.4, 0.5) is 5.69 Å². The highest BCUT2D eigenvalue weighted by Gasteiger charge is 2.13. The second kappa shape index (κ2) is 7.15. The van der Waals surface area contributed by atoms with Crippen LogP contribution in [0.5, 0.6) is 0 Å². The van der Waals surface area contributed by atoms with Crippen LogP contribution in [-0.2, 0) is 19.1 Å². The number of benzene rings is 1. The van der Waals surface area contributed by atoms with E-state index in [2.05, 4.69) is 14.8 Å². The summed E-state index contributed by atoms with van der Waals surface area (Å²) in [5, 5.41) is 2.49. The van der Waals surface area contributed by atoms with Crippen molar-refractivity contribution in [1.29, 1.82) is 0 Å². The zero-order valence-electron chi connectivity index (χ0n) is 10.8. The fourth-order valence-corrected chi connectivity index (χ4v) is 1.31. The van der Waals surface area contributed by atoms with Crippen LogP contribution in [0.1, 0.15) is 23.7 Å².